The molecule has 2 amide bonds. The van der Waals surface area contributed by atoms with Crippen LogP contribution in [0.3, 0.4) is 0 Å². The number of aliphatic hydroxyl groups is 1. The van der Waals surface area contributed by atoms with Crippen molar-refractivity contribution in [1.29, 1.82) is 0 Å². The van der Waals surface area contributed by atoms with E-state index in [-0.39, 0.29) is 36.2 Å². The lowest BCUT2D eigenvalue weighted by Crippen LogP contribution is -2.54. The van der Waals surface area contributed by atoms with Crippen LogP contribution in [0.2, 0.25) is 0 Å². The number of nitrogens with one attached hydrogen (secondary N) is 3. The summed E-state index contributed by atoms with van der Waals surface area (Å²) in [6.45, 7) is 1.77. The standard InChI is InChI=1S/C20H27F3N6O4/c1-28-9-15(26-11-28)18(31)29-6-7-33-10-14(29)8-25-17(30)13-4-2-12(3-5-13)16(24)27-19(32)20(21,22)23/h2-5,9,14,16,19,26-27,32H,6-8,10-11,24H2,1H3,(H,25,30). The number of nitrogens with zero attached hydrogens (tertiary/aromatic N) is 2. The molecule has 1 saturated heterocycles. The molecule has 2 heterocycles. The van der Waals surface area contributed by atoms with Crippen molar-refractivity contribution in [3.8, 4) is 0 Å². The van der Waals surface area contributed by atoms with Gasteiger partial charge in [0.05, 0.1) is 32.1 Å². The van der Waals surface area contributed by atoms with Crippen LogP contribution in [0.1, 0.15) is 22.1 Å². The third-order valence-electron chi connectivity index (χ3n) is 5.26. The third-order valence-corrected chi connectivity index (χ3v) is 5.26. The summed E-state index contributed by atoms with van der Waals surface area (Å²) in [6.07, 6.45) is -7.18. The van der Waals surface area contributed by atoms with Crippen LogP contribution in [0.25, 0.3) is 0 Å². The van der Waals surface area contributed by atoms with E-state index in [1.165, 1.54) is 24.3 Å². The molecule has 0 aromatic heterocycles. The smallest absolute Gasteiger partial charge is 0.377 e. The van der Waals surface area contributed by atoms with Crippen LogP contribution >= 0.6 is 0 Å². The Labute approximate surface area is 188 Å². The van der Waals surface area contributed by atoms with Gasteiger partial charge in [0, 0.05) is 31.9 Å². The van der Waals surface area contributed by atoms with Crippen molar-refractivity contribution in [3.63, 3.8) is 0 Å². The van der Waals surface area contributed by atoms with Crippen molar-refractivity contribution in [2.24, 2.45) is 5.73 Å². The molecule has 1 aromatic carbocycles. The first kappa shape index (κ1) is 24.8. The molecule has 2 aliphatic rings. The van der Waals surface area contributed by atoms with Crippen LogP contribution in [0.4, 0.5) is 13.2 Å². The molecule has 6 N–H and O–H groups in total. The van der Waals surface area contributed by atoms with E-state index in [0.29, 0.717) is 25.5 Å². The van der Waals surface area contributed by atoms with Crippen molar-refractivity contribution >= 4 is 11.8 Å². The first-order valence-corrected chi connectivity index (χ1v) is 10.3. The number of hydrogen-bond acceptors (Lipinski definition) is 8. The Balaban J connectivity index is 1.56. The van der Waals surface area contributed by atoms with Gasteiger partial charge in [-0.3, -0.25) is 14.9 Å². The number of morpholine rings is 1. The lowest BCUT2D eigenvalue weighted by atomic mass is 10.1. The fourth-order valence-electron chi connectivity index (χ4n) is 3.41. The largest absolute Gasteiger partial charge is 0.428 e. The second-order valence-electron chi connectivity index (χ2n) is 7.78. The van der Waals surface area contributed by atoms with Gasteiger partial charge in [-0.05, 0) is 17.7 Å². The summed E-state index contributed by atoms with van der Waals surface area (Å²) in [5.41, 5.74) is 6.64. The second kappa shape index (κ2) is 10.4. The average molecular weight is 472 g/mol. The summed E-state index contributed by atoms with van der Waals surface area (Å²) in [4.78, 5) is 28.8. The fourth-order valence-corrected chi connectivity index (χ4v) is 3.41. The summed E-state index contributed by atoms with van der Waals surface area (Å²) in [5.74, 6) is -0.594. The molecule has 1 fully saturated rings. The van der Waals surface area contributed by atoms with Gasteiger partial charge < -0.3 is 36.0 Å². The number of carbonyl (C=O) groups excluding carboxylic acids is 2. The number of halogens is 3. The zero-order valence-electron chi connectivity index (χ0n) is 17.9. The van der Waals surface area contributed by atoms with Crippen molar-refractivity contribution < 1.29 is 32.6 Å². The minimum absolute atomic E-state index is 0.161. The molecule has 182 valence electrons. The zero-order valence-corrected chi connectivity index (χ0v) is 17.9. The van der Waals surface area contributed by atoms with Crippen molar-refractivity contribution in [3.05, 3.63) is 47.3 Å². The van der Waals surface area contributed by atoms with Crippen LogP contribution in [0.15, 0.2) is 36.2 Å². The maximum absolute atomic E-state index is 12.8. The van der Waals surface area contributed by atoms with E-state index in [4.69, 9.17) is 15.6 Å². The molecule has 2 aliphatic heterocycles. The van der Waals surface area contributed by atoms with Crippen LogP contribution in [-0.4, -0.2) is 85.2 Å². The Hall–Kier alpha value is -2.87. The molecule has 3 rings (SSSR count). The maximum Gasteiger partial charge on any atom is 0.428 e. The topological polar surface area (TPSA) is 132 Å². The number of benzene rings is 1. The van der Waals surface area contributed by atoms with Gasteiger partial charge in [0.1, 0.15) is 5.70 Å². The number of ether oxygens (including phenoxy) is 1. The fraction of sp³-hybridized carbons (Fsp3) is 0.500. The lowest BCUT2D eigenvalue weighted by molar-refractivity contribution is -0.216. The molecule has 0 bridgehead atoms. The SMILES string of the molecule is CN1C=C(C(=O)N2CCOCC2CNC(=O)c2ccc(C(N)NC(O)C(F)(F)F)cc2)NC1. The first-order chi connectivity index (χ1) is 15.6. The van der Waals surface area contributed by atoms with E-state index in [1.807, 2.05) is 17.3 Å². The average Bonchev–Trinajstić information content (AvgIpc) is 3.22. The first-order valence-electron chi connectivity index (χ1n) is 10.3. The summed E-state index contributed by atoms with van der Waals surface area (Å²) < 4.78 is 42.8. The predicted molar refractivity (Wildman–Crippen MR) is 111 cm³/mol. The number of hydrogen-bond donors (Lipinski definition) is 5. The van der Waals surface area contributed by atoms with Gasteiger partial charge in [-0.25, -0.2) is 0 Å². The van der Waals surface area contributed by atoms with Crippen LogP contribution in [0, 0.1) is 0 Å². The Morgan fingerprint density at radius 1 is 1.33 bits per heavy atom. The highest BCUT2D eigenvalue weighted by atomic mass is 19.4. The molecule has 10 nitrogen and oxygen atoms in total. The normalized spacial score (nSPS) is 20.7. The van der Waals surface area contributed by atoms with E-state index >= 15 is 0 Å². The minimum atomic E-state index is -4.85. The minimum Gasteiger partial charge on any atom is -0.377 e. The number of amides is 2. The Morgan fingerprint density at radius 2 is 2.03 bits per heavy atom. The van der Waals surface area contributed by atoms with Gasteiger partial charge in [0.2, 0.25) is 6.23 Å². The summed E-state index contributed by atoms with van der Waals surface area (Å²) >= 11 is 0. The Kier molecular flexibility index (Phi) is 7.79. The van der Waals surface area contributed by atoms with Crippen LogP contribution in [0.5, 0.6) is 0 Å². The number of alkyl halides is 3. The van der Waals surface area contributed by atoms with E-state index in [9.17, 15) is 22.8 Å². The Morgan fingerprint density at radius 3 is 2.64 bits per heavy atom. The van der Waals surface area contributed by atoms with Gasteiger partial charge in [-0.2, -0.15) is 13.2 Å². The van der Waals surface area contributed by atoms with E-state index in [1.54, 1.807) is 11.1 Å². The van der Waals surface area contributed by atoms with Gasteiger partial charge in [0.25, 0.3) is 11.8 Å². The molecular formula is C20H27F3N6O4. The predicted octanol–water partition coefficient (Wildman–Crippen LogP) is -0.595. The number of aliphatic hydroxyl groups excluding tert-OH is 1. The van der Waals surface area contributed by atoms with E-state index in [2.05, 4.69) is 10.6 Å². The molecule has 0 saturated carbocycles. The lowest BCUT2D eigenvalue weighted by Gasteiger charge is -2.35. The highest BCUT2D eigenvalue weighted by Crippen LogP contribution is 2.20. The molecule has 33 heavy (non-hydrogen) atoms. The van der Waals surface area contributed by atoms with Gasteiger partial charge in [-0.15, -0.1) is 0 Å². The van der Waals surface area contributed by atoms with E-state index < -0.39 is 24.5 Å². The van der Waals surface area contributed by atoms with E-state index in [0.717, 1.165) is 0 Å². The monoisotopic (exact) mass is 472 g/mol. The highest BCUT2D eigenvalue weighted by Gasteiger charge is 2.39. The van der Waals surface area contributed by atoms with Gasteiger partial charge >= 0.3 is 6.18 Å². The molecule has 3 unspecified atom stereocenters. The van der Waals surface area contributed by atoms with Gasteiger partial charge in [-0.1, -0.05) is 12.1 Å². The van der Waals surface area contributed by atoms with Crippen LogP contribution < -0.4 is 21.7 Å². The summed E-state index contributed by atoms with van der Waals surface area (Å²) in [6, 6.07) is 5.25. The van der Waals surface area contributed by atoms with Gasteiger partial charge in [0.15, 0.2) is 0 Å². The molecule has 13 heteroatoms. The number of carbonyl (C=O) groups is 2. The van der Waals surface area contributed by atoms with Crippen molar-refractivity contribution in [2.75, 3.05) is 40.0 Å². The molecule has 0 spiro atoms. The zero-order chi connectivity index (χ0) is 24.2. The van der Waals surface area contributed by atoms with Crippen molar-refractivity contribution in [1.82, 2.24) is 25.8 Å². The number of rotatable bonds is 7. The van der Waals surface area contributed by atoms with Crippen LogP contribution in [-0.2, 0) is 9.53 Å². The molecule has 0 aliphatic carbocycles. The second-order valence-corrected chi connectivity index (χ2v) is 7.78. The number of nitrogens with two attached hydrogens (primary N) is 1. The summed E-state index contributed by atoms with van der Waals surface area (Å²) in [5, 5.41) is 16.7. The molecule has 3 atom stereocenters. The Bertz CT molecular complexity index is 880. The maximum atomic E-state index is 12.8. The highest BCUT2D eigenvalue weighted by molar-refractivity contribution is 5.95. The quantitative estimate of drug-likeness (QED) is 0.333. The molecular weight excluding hydrogens is 445 g/mol. The molecule has 1 aromatic rings. The van der Waals surface area contributed by atoms with Crippen molar-refractivity contribution in [2.45, 2.75) is 24.6 Å². The molecule has 0 radical (unpaired) electrons. The summed E-state index contributed by atoms with van der Waals surface area (Å²) in [7, 11) is 1.84. The third kappa shape index (κ3) is 6.35.